The van der Waals surface area contributed by atoms with Crippen LogP contribution in [0.15, 0.2) is 78.9 Å². The number of carbonyl (C=O) groups is 2. The topological polar surface area (TPSA) is 105 Å². The number of amides is 2. The first kappa shape index (κ1) is 32.5. The predicted molar refractivity (Wildman–Crippen MR) is 165 cm³/mol. The molecular formula is C32H41N3O6S. The lowest BCUT2D eigenvalue weighted by Gasteiger charge is -2.33. The molecule has 42 heavy (non-hydrogen) atoms. The van der Waals surface area contributed by atoms with Crippen molar-refractivity contribution in [2.75, 3.05) is 30.8 Å². The van der Waals surface area contributed by atoms with Crippen molar-refractivity contribution >= 4 is 27.5 Å². The van der Waals surface area contributed by atoms with Crippen LogP contribution < -0.4 is 19.1 Å². The smallest absolute Gasteiger partial charge is 0.244 e. The average Bonchev–Trinajstić information content (AvgIpc) is 2.99. The van der Waals surface area contributed by atoms with E-state index >= 15 is 0 Å². The molecule has 0 spiro atoms. The number of benzene rings is 3. The number of ether oxygens (including phenoxy) is 2. The monoisotopic (exact) mass is 595 g/mol. The second-order valence-electron chi connectivity index (χ2n) is 9.98. The van der Waals surface area contributed by atoms with Crippen LogP contribution in [0.2, 0.25) is 0 Å². The van der Waals surface area contributed by atoms with E-state index in [0.717, 1.165) is 34.5 Å². The van der Waals surface area contributed by atoms with E-state index in [4.69, 9.17) is 9.47 Å². The molecule has 0 aliphatic carbocycles. The van der Waals surface area contributed by atoms with Crippen LogP contribution in [0, 0.1) is 0 Å². The van der Waals surface area contributed by atoms with Gasteiger partial charge in [-0.1, -0.05) is 62.7 Å². The van der Waals surface area contributed by atoms with Gasteiger partial charge >= 0.3 is 0 Å². The predicted octanol–water partition coefficient (Wildman–Crippen LogP) is 4.76. The van der Waals surface area contributed by atoms with E-state index in [1.165, 1.54) is 4.90 Å². The third kappa shape index (κ3) is 9.51. The van der Waals surface area contributed by atoms with E-state index in [1.807, 2.05) is 56.3 Å². The Hall–Kier alpha value is -4.05. The lowest BCUT2D eigenvalue weighted by atomic mass is 10.1. The fourth-order valence-corrected chi connectivity index (χ4v) is 5.31. The standard InChI is InChI=1S/C32H41N3O6S/c1-5-7-20-33-32(37)30(6-2)34(22-26-14-11-15-29(21-26)40-3)31(36)23-35(42(4,38)39)27-16-18-28(19-17-27)41-24-25-12-9-8-10-13-25/h8-19,21,30H,5-7,20,22-24H2,1-4H3,(H,33,37). The van der Waals surface area contributed by atoms with E-state index < -0.39 is 28.5 Å². The molecule has 9 nitrogen and oxygen atoms in total. The van der Waals surface area contributed by atoms with Crippen LogP contribution >= 0.6 is 0 Å². The third-order valence-corrected chi connectivity index (χ3v) is 7.90. The second kappa shape index (κ2) is 15.8. The zero-order chi connectivity index (χ0) is 30.5. The Morgan fingerprint density at radius 2 is 1.60 bits per heavy atom. The lowest BCUT2D eigenvalue weighted by Crippen LogP contribution is -2.52. The summed E-state index contributed by atoms with van der Waals surface area (Å²) in [6.07, 6.45) is 3.16. The van der Waals surface area contributed by atoms with Gasteiger partial charge in [0.15, 0.2) is 0 Å². The van der Waals surface area contributed by atoms with E-state index in [-0.39, 0.29) is 12.5 Å². The molecule has 3 rings (SSSR count). The number of carbonyl (C=O) groups excluding carboxylic acids is 2. The fraction of sp³-hybridized carbons (Fsp3) is 0.375. The Morgan fingerprint density at radius 3 is 2.21 bits per heavy atom. The molecule has 0 radical (unpaired) electrons. The molecule has 226 valence electrons. The molecule has 3 aromatic rings. The van der Waals surface area contributed by atoms with Gasteiger partial charge in [-0.05, 0) is 60.4 Å². The molecule has 0 aliphatic rings. The molecular weight excluding hydrogens is 554 g/mol. The number of sulfonamides is 1. The van der Waals surface area contributed by atoms with Gasteiger partial charge in [0.1, 0.15) is 30.7 Å². The van der Waals surface area contributed by atoms with E-state index in [9.17, 15) is 18.0 Å². The maximum Gasteiger partial charge on any atom is 0.244 e. The highest BCUT2D eigenvalue weighted by Gasteiger charge is 2.31. The van der Waals surface area contributed by atoms with Crippen molar-refractivity contribution in [3.05, 3.63) is 90.0 Å². The normalized spacial score (nSPS) is 11.8. The SMILES string of the molecule is CCCCNC(=O)C(CC)N(Cc1cccc(OC)c1)C(=O)CN(c1ccc(OCc2ccccc2)cc1)S(C)(=O)=O. The quantitative estimate of drug-likeness (QED) is 0.239. The van der Waals surface area contributed by atoms with Gasteiger partial charge < -0.3 is 19.7 Å². The van der Waals surface area contributed by atoms with Gasteiger partial charge in [0, 0.05) is 13.1 Å². The summed E-state index contributed by atoms with van der Waals surface area (Å²) in [5.41, 5.74) is 2.08. The molecule has 1 unspecified atom stereocenters. The number of unbranched alkanes of at least 4 members (excludes halogenated alkanes) is 1. The summed E-state index contributed by atoms with van der Waals surface area (Å²) in [7, 11) is -2.29. The van der Waals surface area contributed by atoms with Gasteiger partial charge in [-0.25, -0.2) is 8.42 Å². The molecule has 3 aromatic carbocycles. The molecule has 2 amide bonds. The Balaban J connectivity index is 1.85. The van der Waals surface area contributed by atoms with Crippen LogP contribution in [0.25, 0.3) is 0 Å². The number of nitrogens with zero attached hydrogens (tertiary/aromatic N) is 2. The van der Waals surface area contributed by atoms with Gasteiger partial charge in [0.05, 0.1) is 19.1 Å². The summed E-state index contributed by atoms with van der Waals surface area (Å²) in [6.45, 7) is 4.38. The van der Waals surface area contributed by atoms with Crippen molar-refractivity contribution in [3.63, 3.8) is 0 Å². The minimum atomic E-state index is -3.84. The Kier molecular flexibility index (Phi) is 12.2. The van der Waals surface area contributed by atoms with Crippen molar-refractivity contribution in [2.24, 2.45) is 0 Å². The van der Waals surface area contributed by atoms with Crippen molar-refractivity contribution in [1.82, 2.24) is 10.2 Å². The summed E-state index contributed by atoms with van der Waals surface area (Å²) in [5.74, 6) is 0.419. The van der Waals surface area contributed by atoms with Gasteiger partial charge in [-0.3, -0.25) is 13.9 Å². The first-order chi connectivity index (χ1) is 20.2. The highest BCUT2D eigenvalue weighted by molar-refractivity contribution is 7.92. The molecule has 0 aliphatic heterocycles. The maximum atomic E-state index is 13.9. The highest BCUT2D eigenvalue weighted by Crippen LogP contribution is 2.24. The molecule has 0 bridgehead atoms. The molecule has 0 aromatic heterocycles. The summed E-state index contributed by atoms with van der Waals surface area (Å²) < 4.78 is 38.0. The minimum absolute atomic E-state index is 0.111. The molecule has 1 atom stereocenters. The van der Waals surface area contributed by atoms with Crippen LogP contribution in [-0.4, -0.2) is 57.6 Å². The first-order valence-electron chi connectivity index (χ1n) is 14.1. The molecule has 0 saturated heterocycles. The van der Waals surface area contributed by atoms with Crippen molar-refractivity contribution in [1.29, 1.82) is 0 Å². The fourth-order valence-electron chi connectivity index (χ4n) is 4.46. The van der Waals surface area contributed by atoms with Gasteiger partial charge in [-0.2, -0.15) is 0 Å². The maximum absolute atomic E-state index is 13.9. The molecule has 1 N–H and O–H groups in total. The number of anilines is 1. The van der Waals surface area contributed by atoms with Crippen molar-refractivity contribution < 1.29 is 27.5 Å². The Morgan fingerprint density at radius 1 is 0.905 bits per heavy atom. The number of hydrogen-bond acceptors (Lipinski definition) is 6. The largest absolute Gasteiger partial charge is 0.497 e. The average molecular weight is 596 g/mol. The van der Waals surface area contributed by atoms with Crippen LogP contribution in [0.5, 0.6) is 11.5 Å². The summed E-state index contributed by atoms with van der Waals surface area (Å²) in [5, 5.41) is 2.92. The molecule has 0 heterocycles. The van der Waals surface area contributed by atoms with Crippen molar-refractivity contribution in [2.45, 2.75) is 52.3 Å². The van der Waals surface area contributed by atoms with E-state index in [2.05, 4.69) is 5.32 Å². The van der Waals surface area contributed by atoms with Gasteiger partial charge in [-0.15, -0.1) is 0 Å². The number of methoxy groups -OCH3 is 1. The zero-order valence-corrected chi connectivity index (χ0v) is 25.6. The number of nitrogens with one attached hydrogen (secondary N) is 1. The van der Waals surface area contributed by atoms with Crippen LogP contribution in [0.1, 0.15) is 44.2 Å². The Bertz CT molecular complexity index is 1400. The van der Waals surface area contributed by atoms with E-state index in [0.29, 0.717) is 36.8 Å². The number of rotatable bonds is 16. The number of hydrogen-bond donors (Lipinski definition) is 1. The van der Waals surface area contributed by atoms with E-state index in [1.54, 1.807) is 43.5 Å². The zero-order valence-electron chi connectivity index (χ0n) is 24.8. The summed E-state index contributed by atoms with van der Waals surface area (Å²) in [4.78, 5) is 28.5. The lowest BCUT2D eigenvalue weighted by molar-refractivity contribution is -0.140. The van der Waals surface area contributed by atoms with Crippen molar-refractivity contribution in [3.8, 4) is 11.5 Å². The minimum Gasteiger partial charge on any atom is -0.497 e. The highest BCUT2D eigenvalue weighted by atomic mass is 32.2. The van der Waals surface area contributed by atoms with Crippen LogP contribution in [0.3, 0.4) is 0 Å². The van der Waals surface area contributed by atoms with Crippen LogP contribution in [-0.2, 0) is 32.8 Å². The second-order valence-corrected chi connectivity index (χ2v) is 11.9. The van der Waals surface area contributed by atoms with Gasteiger partial charge in [0.25, 0.3) is 0 Å². The summed E-state index contributed by atoms with van der Waals surface area (Å²) >= 11 is 0. The molecule has 0 saturated carbocycles. The third-order valence-electron chi connectivity index (χ3n) is 6.75. The first-order valence-corrected chi connectivity index (χ1v) is 16.0. The van der Waals surface area contributed by atoms with Gasteiger partial charge in [0.2, 0.25) is 21.8 Å². The molecule has 10 heteroatoms. The molecule has 0 fully saturated rings. The summed E-state index contributed by atoms with van der Waals surface area (Å²) in [6, 6.07) is 22.7. The Labute approximate surface area is 249 Å². The van der Waals surface area contributed by atoms with Crippen LogP contribution in [0.4, 0.5) is 5.69 Å².